The van der Waals surface area contributed by atoms with Crippen LogP contribution in [0.1, 0.15) is 27.9 Å². The van der Waals surface area contributed by atoms with Gasteiger partial charge in [0.25, 0.3) is 12.0 Å². The molecule has 1 rings (SSSR count). The van der Waals surface area contributed by atoms with Crippen LogP contribution in [0.3, 0.4) is 0 Å². The molecule has 0 aliphatic heterocycles. The van der Waals surface area contributed by atoms with E-state index in [4.69, 9.17) is 0 Å². The summed E-state index contributed by atoms with van der Waals surface area (Å²) in [5.41, 5.74) is -6.01. The second kappa shape index (κ2) is 4.03. The molecule has 1 N–H and O–H groups in total. The molecule has 1 aromatic heterocycles. The molecule has 0 spiro atoms. The molecule has 88 valence electrons. The average molecular weight is 241 g/mol. The summed E-state index contributed by atoms with van der Waals surface area (Å²) < 4.78 is 61.7. The Morgan fingerprint density at radius 3 is 2.25 bits per heavy atom. The van der Waals surface area contributed by atoms with Gasteiger partial charge in [-0.05, 0) is 0 Å². The van der Waals surface area contributed by atoms with Crippen LogP contribution in [0.25, 0.3) is 0 Å². The summed E-state index contributed by atoms with van der Waals surface area (Å²) in [4.78, 5) is 22.8. The third kappa shape index (κ3) is 2.10. The molecule has 0 saturated heterocycles. The lowest BCUT2D eigenvalue weighted by molar-refractivity contribution is -0.139. The molecule has 3 nitrogen and oxygen atoms in total. The fourth-order valence-electron chi connectivity index (χ4n) is 1.16. The minimum absolute atomic E-state index is 0.253. The molecule has 0 aliphatic rings. The Kier molecular flexibility index (Phi) is 3.11. The number of aromatic amines is 1. The molecule has 0 aliphatic carbocycles. The van der Waals surface area contributed by atoms with Crippen molar-refractivity contribution in [2.24, 2.45) is 0 Å². The Hall–Kier alpha value is -1.73. The van der Waals surface area contributed by atoms with E-state index in [-0.39, 0.29) is 6.20 Å². The summed E-state index contributed by atoms with van der Waals surface area (Å²) in [5, 5.41) is 0. The zero-order valence-corrected chi connectivity index (χ0v) is 7.44. The number of hydrogen-bond donors (Lipinski definition) is 1. The van der Waals surface area contributed by atoms with Crippen LogP contribution in [0.4, 0.5) is 22.0 Å². The summed E-state index contributed by atoms with van der Waals surface area (Å²) in [6.45, 7) is 0. The van der Waals surface area contributed by atoms with Gasteiger partial charge in [0, 0.05) is 11.8 Å². The first-order valence-corrected chi connectivity index (χ1v) is 3.85. The molecule has 0 unspecified atom stereocenters. The molecule has 16 heavy (non-hydrogen) atoms. The lowest BCUT2D eigenvalue weighted by Crippen LogP contribution is -2.23. The van der Waals surface area contributed by atoms with Crippen molar-refractivity contribution in [3.63, 3.8) is 0 Å². The summed E-state index contributed by atoms with van der Waals surface area (Å²) in [7, 11) is 0. The Morgan fingerprint density at radius 2 is 1.88 bits per heavy atom. The highest BCUT2D eigenvalue weighted by atomic mass is 19.4. The smallest absolute Gasteiger partial charge is 0.328 e. The molecule has 1 aromatic rings. The number of H-pyrrole nitrogens is 1. The first-order valence-electron chi connectivity index (χ1n) is 3.85. The number of hydrogen-bond acceptors (Lipinski definition) is 2. The van der Waals surface area contributed by atoms with E-state index in [2.05, 4.69) is 0 Å². The summed E-state index contributed by atoms with van der Waals surface area (Å²) in [6.07, 6.45) is -8.76. The van der Waals surface area contributed by atoms with E-state index in [1.165, 1.54) is 0 Å². The van der Waals surface area contributed by atoms with E-state index >= 15 is 0 Å². The second-order valence-electron chi connectivity index (χ2n) is 2.78. The quantitative estimate of drug-likeness (QED) is 0.637. The SMILES string of the molecule is O=Cc1c(C(F)(F)F)c(C(F)F)c[nH]c1=O. The summed E-state index contributed by atoms with van der Waals surface area (Å²) in [5.74, 6) is 0. The van der Waals surface area contributed by atoms with Crippen LogP contribution in [-0.4, -0.2) is 11.3 Å². The molecule has 0 amide bonds. The number of nitrogens with one attached hydrogen (secondary N) is 1. The fourth-order valence-corrected chi connectivity index (χ4v) is 1.16. The van der Waals surface area contributed by atoms with Crippen LogP contribution < -0.4 is 5.56 Å². The molecule has 0 radical (unpaired) electrons. The van der Waals surface area contributed by atoms with Crippen LogP contribution in [0.15, 0.2) is 11.0 Å². The van der Waals surface area contributed by atoms with E-state index in [1.54, 1.807) is 4.98 Å². The van der Waals surface area contributed by atoms with Gasteiger partial charge < -0.3 is 4.98 Å². The Balaban J connectivity index is 3.68. The van der Waals surface area contributed by atoms with Gasteiger partial charge in [-0.15, -0.1) is 0 Å². The highest BCUT2D eigenvalue weighted by Gasteiger charge is 2.39. The van der Waals surface area contributed by atoms with Crippen molar-refractivity contribution in [3.05, 3.63) is 33.2 Å². The Morgan fingerprint density at radius 1 is 1.31 bits per heavy atom. The number of alkyl halides is 5. The summed E-state index contributed by atoms with van der Waals surface area (Å²) in [6, 6.07) is 0. The van der Waals surface area contributed by atoms with Crippen molar-refractivity contribution in [3.8, 4) is 0 Å². The zero-order valence-electron chi connectivity index (χ0n) is 7.44. The van der Waals surface area contributed by atoms with Crippen molar-refractivity contribution in [1.29, 1.82) is 0 Å². The monoisotopic (exact) mass is 241 g/mol. The van der Waals surface area contributed by atoms with Crippen molar-refractivity contribution < 1.29 is 26.7 Å². The van der Waals surface area contributed by atoms with Gasteiger partial charge in [-0.1, -0.05) is 0 Å². The van der Waals surface area contributed by atoms with E-state index < -0.39 is 41.1 Å². The van der Waals surface area contributed by atoms with Crippen molar-refractivity contribution in [2.45, 2.75) is 12.6 Å². The van der Waals surface area contributed by atoms with Gasteiger partial charge in [-0.25, -0.2) is 8.78 Å². The molecule has 0 saturated carbocycles. The lowest BCUT2D eigenvalue weighted by atomic mass is 10.0. The topological polar surface area (TPSA) is 49.9 Å². The third-order valence-corrected chi connectivity index (χ3v) is 1.80. The molecular formula is C8H4F5NO2. The Bertz CT molecular complexity index is 462. The predicted molar refractivity (Wildman–Crippen MR) is 42.4 cm³/mol. The van der Waals surface area contributed by atoms with E-state index in [0.717, 1.165) is 0 Å². The van der Waals surface area contributed by atoms with Crippen LogP contribution in [0.2, 0.25) is 0 Å². The van der Waals surface area contributed by atoms with Gasteiger partial charge >= 0.3 is 6.18 Å². The maximum absolute atomic E-state index is 12.4. The van der Waals surface area contributed by atoms with Gasteiger partial charge in [-0.3, -0.25) is 9.59 Å². The minimum atomic E-state index is -5.18. The van der Waals surface area contributed by atoms with Gasteiger partial charge in [0.2, 0.25) is 0 Å². The highest BCUT2D eigenvalue weighted by Crippen LogP contribution is 2.36. The minimum Gasteiger partial charge on any atom is -0.328 e. The standard InChI is InChI=1S/C8H4F5NO2/c9-6(10)3-1-14-7(16)4(2-15)5(3)8(11,12)13/h1-2,6H,(H,14,16). The molecule has 1 heterocycles. The van der Waals surface area contributed by atoms with Crippen molar-refractivity contribution in [1.82, 2.24) is 4.98 Å². The van der Waals surface area contributed by atoms with Crippen LogP contribution >= 0.6 is 0 Å². The number of carbonyl (C=O) groups excluding carboxylic acids is 1. The van der Waals surface area contributed by atoms with Crippen LogP contribution in [-0.2, 0) is 6.18 Å². The zero-order chi connectivity index (χ0) is 12.5. The predicted octanol–water partition coefficient (Wildman–Crippen LogP) is 2.14. The number of carbonyl (C=O) groups is 1. The van der Waals surface area contributed by atoms with Gasteiger partial charge in [0.05, 0.1) is 11.1 Å². The average Bonchev–Trinajstić information content (AvgIpc) is 2.15. The van der Waals surface area contributed by atoms with Gasteiger partial charge in [-0.2, -0.15) is 13.2 Å². The highest BCUT2D eigenvalue weighted by molar-refractivity contribution is 5.77. The maximum atomic E-state index is 12.4. The third-order valence-electron chi connectivity index (χ3n) is 1.80. The van der Waals surface area contributed by atoms with Crippen LogP contribution in [0, 0.1) is 0 Å². The molecule has 0 atom stereocenters. The normalized spacial score (nSPS) is 11.9. The first kappa shape index (κ1) is 12.3. The first-order chi connectivity index (χ1) is 7.29. The molecule has 0 bridgehead atoms. The second-order valence-corrected chi connectivity index (χ2v) is 2.78. The molecular weight excluding hydrogens is 237 g/mol. The number of aldehydes is 1. The number of aromatic nitrogens is 1. The fraction of sp³-hybridized carbons (Fsp3) is 0.250. The number of rotatable bonds is 2. The van der Waals surface area contributed by atoms with E-state index in [0.29, 0.717) is 0 Å². The largest absolute Gasteiger partial charge is 0.417 e. The van der Waals surface area contributed by atoms with E-state index in [9.17, 15) is 31.5 Å². The number of pyridine rings is 1. The maximum Gasteiger partial charge on any atom is 0.417 e. The lowest BCUT2D eigenvalue weighted by Gasteiger charge is -2.13. The molecule has 0 aromatic carbocycles. The Labute approximate surface area is 84.9 Å². The molecule has 8 heteroatoms. The summed E-state index contributed by atoms with van der Waals surface area (Å²) >= 11 is 0. The van der Waals surface area contributed by atoms with Gasteiger partial charge in [0.1, 0.15) is 0 Å². The van der Waals surface area contributed by atoms with Gasteiger partial charge in [0.15, 0.2) is 6.29 Å². The van der Waals surface area contributed by atoms with Crippen LogP contribution in [0.5, 0.6) is 0 Å². The van der Waals surface area contributed by atoms with Crippen molar-refractivity contribution >= 4 is 6.29 Å². The number of halogens is 5. The van der Waals surface area contributed by atoms with Crippen molar-refractivity contribution in [2.75, 3.05) is 0 Å². The molecule has 0 fully saturated rings. The van der Waals surface area contributed by atoms with E-state index in [1.807, 2.05) is 0 Å².